The summed E-state index contributed by atoms with van der Waals surface area (Å²) < 4.78 is 5.15. The van der Waals surface area contributed by atoms with Crippen molar-refractivity contribution in [1.82, 2.24) is 4.90 Å². The van der Waals surface area contributed by atoms with Crippen LogP contribution in [0.3, 0.4) is 0 Å². The standard InChI is InChI=1S/C19H25NO2S/c1-20(14-13-16-9-11-17(22-2)12-10-16)19(21)8-4-3-6-18-7-5-15-23-18/h5,7,9-12,15H,3-4,6,8,13-14H2,1-2H3. The Balaban J connectivity index is 1.63. The summed E-state index contributed by atoms with van der Waals surface area (Å²) in [5.74, 6) is 1.11. The molecule has 4 heteroatoms. The molecule has 0 unspecified atom stereocenters. The first-order chi connectivity index (χ1) is 11.2. The molecule has 0 saturated carbocycles. The molecule has 0 atom stereocenters. The first-order valence-electron chi connectivity index (χ1n) is 8.08. The molecule has 3 nitrogen and oxygen atoms in total. The van der Waals surface area contributed by atoms with Crippen LogP contribution in [0.5, 0.6) is 5.75 Å². The minimum atomic E-state index is 0.240. The molecule has 0 aliphatic rings. The van der Waals surface area contributed by atoms with Crippen LogP contribution in [-0.4, -0.2) is 31.5 Å². The van der Waals surface area contributed by atoms with E-state index in [1.54, 1.807) is 18.4 Å². The summed E-state index contributed by atoms with van der Waals surface area (Å²) in [4.78, 5) is 15.4. The number of carbonyl (C=O) groups excluding carboxylic acids is 1. The average molecular weight is 331 g/mol. The molecule has 1 aromatic carbocycles. The van der Waals surface area contributed by atoms with Crippen molar-refractivity contribution < 1.29 is 9.53 Å². The molecule has 0 saturated heterocycles. The van der Waals surface area contributed by atoms with Crippen LogP contribution in [0.15, 0.2) is 41.8 Å². The zero-order chi connectivity index (χ0) is 16.5. The number of hydrogen-bond acceptors (Lipinski definition) is 3. The number of ether oxygens (including phenoxy) is 1. The van der Waals surface area contributed by atoms with Crippen molar-refractivity contribution >= 4 is 17.2 Å². The number of thiophene rings is 1. The number of rotatable bonds is 9. The number of aryl methyl sites for hydroxylation is 1. The van der Waals surface area contributed by atoms with E-state index in [9.17, 15) is 4.79 Å². The zero-order valence-electron chi connectivity index (χ0n) is 14.0. The van der Waals surface area contributed by atoms with Crippen molar-refractivity contribution in [2.75, 3.05) is 20.7 Å². The quantitative estimate of drug-likeness (QED) is 0.645. The molecule has 2 rings (SSSR count). The number of nitrogens with zero attached hydrogens (tertiary/aromatic N) is 1. The van der Waals surface area contributed by atoms with E-state index in [0.29, 0.717) is 6.42 Å². The first kappa shape index (κ1) is 17.5. The van der Waals surface area contributed by atoms with Gasteiger partial charge >= 0.3 is 0 Å². The Kier molecular flexibility index (Phi) is 7.14. The number of benzene rings is 1. The van der Waals surface area contributed by atoms with Gasteiger partial charge in [0.25, 0.3) is 0 Å². The van der Waals surface area contributed by atoms with Crippen LogP contribution in [0.4, 0.5) is 0 Å². The second-order valence-corrected chi connectivity index (χ2v) is 6.73. The molecule has 1 amide bonds. The third-order valence-corrected chi connectivity index (χ3v) is 4.90. The van der Waals surface area contributed by atoms with E-state index in [2.05, 4.69) is 29.6 Å². The molecule has 23 heavy (non-hydrogen) atoms. The van der Waals surface area contributed by atoms with Crippen LogP contribution in [0.25, 0.3) is 0 Å². The fraction of sp³-hybridized carbons (Fsp3) is 0.421. The van der Waals surface area contributed by atoms with Crippen molar-refractivity contribution in [1.29, 1.82) is 0 Å². The topological polar surface area (TPSA) is 29.5 Å². The highest BCUT2D eigenvalue weighted by Crippen LogP contribution is 2.14. The molecular formula is C19H25NO2S. The van der Waals surface area contributed by atoms with Crippen LogP contribution in [-0.2, 0) is 17.6 Å². The van der Waals surface area contributed by atoms with Gasteiger partial charge in [-0.15, -0.1) is 11.3 Å². The van der Waals surface area contributed by atoms with Crippen LogP contribution in [0.2, 0.25) is 0 Å². The van der Waals surface area contributed by atoms with E-state index in [1.165, 1.54) is 10.4 Å². The van der Waals surface area contributed by atoms with E-state index in [-0.39, 0.29) is 5.91 Å². The summed E-state index contributed by atoms with van der Waals surface area (Å²) in [5, 5.41) is 2.10. The largest absolute Gasteiger partial charge is 0.497 e. The van der Waals surface area contributed by atoms with Crippen molar-refractivity contribution in [3.63, 3.8) is 0 Å². The molecule has 0 spiro atoms. The summed E-state index contributed by atoms with van der Waals surface area (Å²) in [7, 11) is 3.56. The molecule has 2 aromatic rings. The van der Waals surface area contributed by atoms with Crippen LogP contribution in [0, 0.1) is 0 Å². The van der Waals surface area contributed by atoms with Crippen LogP contribution in [0.1, 0.15) is 29.7 Å². The number of unbranched alkanes of at least 4 members (excludes halogenated alkanes) is 1. The molecule has 0 bridgehead atoms. The predicted molar refractivity (Wildman–Crippen MR) is 96.2 cm³/mol. The minimum absolute atomic E-state index is 0.240. The number of methoxy groups -OCH3 is 1. The maximum atomic E-state index is 12.1. The SMILES string of the molecule is COc1ccc(CCN(C)C(=O)CCCCc2cccs2)cc1. The minimum Gasteiger partial charge on any atom is -0.497 e. The second kappa shape index (κ2) is 9.36. The van der Waals surface area contributed by atoms with E-state index < -0.39 is 0 Å². The van der Waals surface area contributed by atoms with Crippen molar-refractivity contribution in [3.05, 3.63) is 52.2 Å². The highest BCUT2D eigenvalue weighted by molar-refractivity contribution is 7.09. The van der Waals surface area contributed by atoms with Gasteiger partial charge in [-0.3, -0.25) is 4.79 Å². The molecule has 0 aliphatic carbocycles. The number of hydrogen-bond donors (Lipinski definition) is 0. The molecule has 124 valence electrons. The molecule has 0 N–H and O–H groups in total. The van der Waals surface area contributed by atoms with E-state index >= 15 is 0 Å². The fourth-order valence-electron chi connectivity index (χ4n) is 2.43. The van der Waals surface area contributed by atoms with Crippen molar-refractivity contribution in [2.24, 2.45) is 0 Å². The lowest BCUT2D eigenvalue weighted by atomic mass is 10.1. The number of amides is 1. The molecular weight excluding hydrogens is 306 g/mol. The normalized spacial score (nSPS) is 10.5. The van der Waals surface area contributed by atoms with Gasteiger partial charge in [0, 0.05) is 24.9 Å². The first-order valence-corrected chi connectivity index (χ1v) is 8.96. The molecule has 1 heterocycles. The van der Waals surface area contributed by atoms with Gasteiger partial charge in [-0.05, 0) is 54.8 Å². The smallest absolute Gasteiger partial charge is 0.222 e. The highest BCUT2D eigenvalue weighted by atomic mass is 32.1. The average Bonchev–Trinajstić information content (AvgIpc) is 3.10. The summed E-state index contributed by atoms with van der Waals surface area (Å²) in [6.45, 7) is 0.760. The molecule has 0 fully saturated rings. The van der Waals surface area contributed by atoms with Crippen LogP contribution >= 0.6 is 11.3 Å². The summed E-state index contributed by atoms with van der Waals surface area (Å²) in [6, 6.07) is 12.3. The maximum absolute atomic E-state index is 12.1. The van der Waals surface area contributed by atoms with Gasteiger partial charge in [-0.2, -0.15) is 0 Å². The Hall–Kier alpha value is -1.81. The molecule has 1 aromatic heterocycles. The summed E-state index contributed by atoms with van der Waals surface area (Å²) in [5.41, 5.74) is 1.23. The predicted octanol–water partition coefficient (Wildman–Crippen LogP) is 4.17. The molecule has 0 aliphatic heterocycles. The Morgan fingerprint density at radius 2 is 1.91 bits per heavy atom. The third-order valence-electron chi connectivity index (χ3n) is 3.96. The molecule has 0 radical (unpaired) electrons. The Bertz CT molecular complexity index is 578. The van der Waals surface area contributed by atoms with E-state index in [1.807, 2.05) is 24.1 Å². The number of carbonyl (C=O) groups is 1. The highest BCUT2D eigenvalue weighted by Gasteiger charge is 2.08. The van der Waals surface area contributed by atoms with Gasteiger partial charge < -0.3 is 9.64 Å². The zero-order valence-corrected chi connectivity index (χ0v) is 14.8. The van der Waals surface area contributed by atoms with E-state index in [4.69, 9.17) is 4.74 Å². The van der Waals surface area contributed by atoms with Gasteiger partial charge in [0.15, 0.2) is 0 Å². The van der Waals surface area contributed by atoms with Gasteiger partial charge in [0.1, 0.15) is 5.75 Å². The van der Waals surface area contributed by atoms with Gasteiger partial charge in [-0.25, -0.2) is 0 Å². The maximum Gasteiger partial charge on any atom is 0.222 e. The van der Waals surface area contributed by atoms with Crippen molar-refractivity contribution in [3.8, 4) is 5.75 Å². The lowest BCUT2D eigenvalue weighted by molar-refractivity contribution is -0.130. The van der Waals surface area contributed by atoms with Gasteiger partial charge in [0.2, 0.25) is 5.91 Å². The number of likely N-dealkylation sites (N-methyl/N-ethyl adjacent to an activating group) is 1. The fourth-order valence-corrected chi connectivity index (χ4v) is 3.19. The third kappa shape index (κ3) is 6.06. The monoisotopic (exact) mass is 331 g/mol. The lowest BCUT2D eigenvalue weighted by Gasteiger charge is -2.17. The Morgan fingerprint density at radius 3 is 2.57 bits per heavy atom. The lowest BCUT2D eigenvalue weighted by Crippen LogP contribution is -2.28. The van der Waals surface area contributed by atoms with Gasteiger partial charge in [0.05, 0.1) is 7.11 Å². The van der Waals surface area contributed by atoms with Gasteiger partial charge in [-0.1, -0.05) is 18.2 Å². The van der Waals surface area contributed by atoms with E-state index in [0.717, 1.165) is 38.0 Å². The Morgan fingerprint density at radius 1 is 1.13 bits per heavy atom. The Labute approximate surface area is 142 Å². The summed E-state index contributed by atoms with van der Waals surface area (Å²) >= 11 is 1.79. The van der Waals surface area contributed by atoms with Crippen molar-refractivity contribution in [2.45, 2.75) is 32.1 Å². The van der Waals surface area contributed by atoms with Crippen LogP contribution < -0.4 is 4.74 Å². The second-order valence-electron chi connectivity index (χ2n) is 5.70. The summed E-state index contributed by atoms with van der Waals surface area (Å²) in [6.07, 6.45) is 4.65.